The van der Waals surface area contributed by atoms with Gasteiger partial charge in [-0.2, -0.15) is 4.68 Å². The second-order valence-electron chi connectivity index (χ2n) is 4.16. The predicted octanol–water partition coefficient (Wildman–Crippen LogP) is -0.382. The molecule has 0 aliphatic rings. The van der Waals surface area contributed by atoms with Gasteiger partial charge >= 0.3 is 28.9 Å². The fourth-order valence-corrected chi connectivity index (χ4v) is 1.80. The standard InChI is InChI=1S/C12H14ClN2.ClH3O4/c1-9-8-12(15(3)14(9)2)10-4-6-11(13)7-5-10;2-1(3,4)5/h4-8H,1-3H3;2-4H/q+1;. The number of halogens is 2. The van der Waals surface area contributed by atoms with Crippen LogP contribution in [0.2, 0.25) is 5.02 Å². The summed E-state index contributed by atoms with van der Waals surface area (Å²) in [5.74, 6) is 0. The monoisotopic (exact) mass is 323 g/mol. The Morgan fingerprint density at radius 1 is 1.20 bits per heavy atom. The molecule has 2 rings (SSSR count). The molecule has 1 heterocycles. The number of benzene rings is 1. The van der Waals surface area contributed by atoms with Gasteiger partial charge in [0.25, 0.3) is 0 Å². The van der Waals surface area contributed by atoms with Crippen molar-refractivity contribution in [1.29, 1.82) is 0 Å². The van der Waals surface area contributed by atoms with Crippen LogP contribution in [0.4, 0.5) is 0 Å². The van der Waals surface area contributed by atoms with E-state index >= 15 is 0 Å². The first kappa shape index (κ1) is 16.9. The fraction of sp³-hybridized carbons (Fsp3) is 0.250. The summed E-state index contributed by atoms with van der Waals surface area (Å²) in [6.07, 6.45) is 0. The molecule has 1 aromatic heterocycles. The molecule has 2 aromatic rings. The molecule has 0 bridgehead atoms. The zero-order valence-corrected chi connectivity index (χ0v) is 12.8. The van der Waals surface area contributed by atoms with E-state index in [0.29, 0.717) is 0 Å². The third-order valence-electron chi connectivity index (χ3n) is 2.79. The molecule has 0 saturated carbocycles. The van der Waals surface area contributed by atoms with Gasteiger partial charge in [0, 0.05) is 16.7 Å². The molecule has 0 atom stereocenters. The van der Waals surface area contributed by atoms with Crippen LogP contribution in [-0.4, -0.2) is 18.7 Å². The van der Waals surface area contributed by atoms with Crippen LogP contribution in [0.15, 0.2) is 30.3 Å². The Labute approximate surface area is 123 Å². The second kappa shape index (κ2) is 6.53. The Morgan fingerprint density at radius 3 is 2.00 bits per heavy atom. The van der Waals surface area contributed by atoms with Gasteiger partial charge in [0.15, 0.2) is 7.05 Å². The Kier molecular flexibility index (Phi) is 5.52. The van der Waals surface area contributed by atoms with Gasteiger partial charge in [-0.1, -0.05) is 11.6 Å². The van der Waals surface area contributed by atoms with E-state index in [1.807, 2.05) is 24.3 Å². The van der Waals surface area contributed by atoms with E-state index in [4.69, 9.17) is 30.2 Å². The van der Waals surface area contributed by atoms with Gasteiger partial charge in [-0.25, -0.2) is 0 Å². The second-order valence-corrected chi connectivity index (χ2v) is 5.46. The Bertz CT molecular complexity index is 570. The van der Waals surface area contributed by atoms with E-state index < -0.39 is 10.2 Å². The number of nitrogens with zero attached hydrogens (tertiary/aromatic N) is 2. The molecule has 6 nitrogen and oxygen atoms in total. The van der Waals surface area contributed by atoms with E-state index in [9.17, 15) is 0 Å². The normalized spacial score (nSPS) is 11.8. The topological polar surface area (TPSA) is 92.6 Å². The Balaban J connectivity index is 0.000000347. The fourth-order valence-electron chi connectivity index (χ4n) is 1.67. The molecule has 0 aliphatic heterocycles. The first-order valence-corrected chi connectivity index (χ1v) is 7.24. The zero-order chi connectivity index (χ0) is 15.5. The molecule has 8 heteroatoms. The number of rotatable bonds is 1. The molecule has 112 valence electrons. The molecular weight excluding hydrogens is 307 g/mol. The van der Waals surface area contributed by atoms with Crippen LogP contribution in [0.3, 0.4) is 0 Å². The quantitative estimate of drug-likeness (QED) is 0.624. The average molecular weight is 324 g/mol. The molecule has 0 unspecified atom stereocenters. The van der Waals surface area contributed by atoms with Crippen LogP contribution in [0.25, 0.3) is 11.3 Å². The SMILES string of the molecule is Cc1cc(-c2ccc(Cl)cc2)[n+](C)n1C.[O-][Cl+](O)(O)O. The molecule has 0 saturated heterocycles. The molecule has 0 fully saturated rings. The van der Waals surface area contributed by atoms with Crippen molar-refractivity contribution in [1.82, 2.24) is 4.68 Å². The van der Waals surface area contributed by atoms with Crippen molar-refractivity contribution in [3.05, 3.63) is 41.0 Å². The van der Waals surface area contributed by atoms with Gasteiger partial charge in [-0.05, 0) is 31.2 Å². The summed E-state index contributed by atoms with van der Waals surface area (Å²) >= 11 is 5.86. The van der Waals surface area contributed by atoms with Crippen LogP contribution in [0.1, 0.15) is 5.69 Å². The summed E-state index contributed by atoms with van der Waals surface area (Å²) in [4.78, 5) is 0. The van der Waals surface area contributed by atoms with Crippen LogP contribution in [0, 0.1) is 17.2 Å². The van der Waals surface area contributed by atoms with Gasteiger partial charge in [0.05, 0.1) is 12.7 Å². The van der Waals surface area contributed by atoms with E-state index in [0.717, 1.165) is 5.02 Å². The van der Waals surface area contributed by atoms with Gasteiger partial charge < -0.3 is 0 Å². The summed E-state index contributed by atoms with van der Waals surface area (Å²) in [5, 5.41) is 0.772. The molecule has 3 N–H and O–H groups in total. The summed E-state index contributed by atoms with van der Waals surface area (Å²) < 4.78 is 34.5. The van der Waals surface area contributed by atoms with E-state index in [1.54, 1.807) is 0 Å². The molecular formula is C12H17Cl2N2O4+. The number of aryl methyl sites for hydroxylation is 1. The average Bonchev–Trinajstić information content (AvgIpc) is 2.56. The van der Waals surface area contributed by atoms with Crippen LogP contribution in [0.5, 0.6) is 0 Å². The van der Waals surface area contributed by atoms with E-state index in [2.05, 4.69) is 36.4 Å². The maximum absolute atomic E-state index is 8.83. The minimum absolute atomic E-state index is 0.772. The predicted molar refractivity (Wildman–Crippen MR) is 68.4 cm³/mol. The van der Waals surface area contributed by atoms with Crippen molar-refractivity contribution in [3.8, 4) is 11.3 Å². The molecule has 20 heavy (non-hydrogen) atoms. The number of hydrogen-bond donors (Lipinski definition) is 3. The summed E-state index contributed by atoms with van der Waals surface area (Å²) in [6.45, 7) is 2.10. The summed E-state index contributed by atoms with van der Waals surface area (Å²) in [7, 11) is -0.0916. The van der Waals surface area contributed by atoms with Gasteiger partial charge in [0.2, 0.25) is 5.69 Å². The van der Waals surface area contributed by atoms with Gasteiger partial charge in [-0.3, -0.25) is 0 Å². The number of hydrogen-bond acceptors (Lipinski definition) is 4. The van der Waals surface area contributed by atoms with Gasteiger partial charge in [0.1, 0.15) is 0 Å². The van der Waals surface area contributed by atoms with Crippen LogP contribution in [-0.2, 0) is 14.1 Å². The number of aromatic nitrogens is 2. The van der Waals surface area contributed by atoms with Crippen molar-refractivity contribution < 1.29 is 33.6 Å². The van der Waals surface area contributed by atoms with E-state index in [-0.39, 0.29) is 0 Å². The first-order valence-electron chi connectivity index (χ1n) is 5.54. The van der Waals surface area contributed by atoms with Crippen molar-refractivity contribution in [2.45, 2.75) is 6.92 Å². The first-order chi connectivity index (χ1) is 9.09. The molecule has 0 aliphatic carbocycles. The Hall–Kier alpha value is -1.15. The molecule has 0 radical (unpaired) electrons. The summed E-state index contributed by atoms with van der Waals surface area (Å²) in [5.41, 5.74) is 3.62. The third kappa shape index (κ3) is 5.09. The summed E-state index contributed by atoms with van der Waals surface area (Å²) in [6, 6.07) is 10.1. The van der Waals surface area contributed by atoms with Crippen molar-refractivity contribution >= 4 is 11.6 Å². The van der Waals surface area contributed by atoms with Crippen molar-refractivity contribution in [3.63, 3.8) is 0 Å². The molecule has 0 amide bonds. The van der Waals surface area contributed by atoms with Crippen LogP contribution < -0.4 is 9.34 Å². The van der Waals surface area contributed by atoms with Crippen LogP contribution >= 0.6 is 11.6 Å². The van der Waals surface area contributed by atoms with Gasteiger partial charge in [-0.15, -0.1) is 4.68 Å². The molecule has 1 aromatic carbocycles. The van der Waals surface area contributed by atoms with E-state index in [1.165, 1.54) is 17.0 Å². The zero-order valence-electron chi connectivity index (χ0n) is 11.3. The third-order valence-corrected chi connectivity index (χ3v) is 3.05. The van der Waals surface area contributed by atoms with Crippen molar-refractivity contribution in [2.75, 3.05) is 0 Å². The molecule has 0 spiro atoms. The maximum atomic E-state index is 8.83. The van der Waals surface area contributed by atoms with Crippen molar-refractivity contribution in [2.24, 2.45) is 14.1 Å². The minimum atomic E-state index is -4.19. The Morgan fingerprint density at radius 2 is 1.65 bits per heavy atom.